The van der Waals surface area contributed by atoms with E-state index in [9.17, 15) is 4.79 Å². The molecular weight excluding hydrogens is 144 g/mol. The highest BCUT2D eigenvalue weighted by atomic mass is 16.7. The van der Waals surface area contributed by atoms with Crippen LogP contribution < -0.4 is 11.2 Å². The molecule has 0 aromatic carbocycles. The summed E-state index contributed by atoms with van der Waals surface area (Å²) in [6.45, 7) is 5.77. The first-order valence-electron chi connectivity index (χ1n) is 3.73. The van der Waals surface area contributed by atoms with E-state index in [2.05, 4.69) is 5.48 Å². The number of amides is 1. The first-order valence-corrected chi connectivity index (χ1v) is 3.73. The van der Waals surface area contributed by atoms with Crippen LogP contribution in [0.2, 0.25) is 0 Å². The predicted octanol–water partition coefficient (Wildman–Crippen LogP) is 0.0374. The van der Waals surface area contributed by atoms with Crippen molar-refractivity contribution in [3.63, 3.8) is 0 Å². The van der Waals surface area contributed by atoms with Crippen LogP contribution in [0.3, 0.4) is 0 Å². The molecule has 0 saturated carbocycles. The fourth-order valence-corrected chi connectivity index (χ4v) is 0.384. The summed E-state index contributed by atoms with van der Waals surface area (Å²) in [4.78, 5) is 15.8. The van der Waals surface area contributed by atoms with Crippen molar-refractivity contribution in [3.8, 4) is 0 Å². The second kappa shape index (κ2) is 5.09. The summed E-state index contributed by atoms with van der Waals surface area (Å²) in [7, 11) is 0. The minimum atomic E-state index is -0.186. The van der Waals surface area contributed by atoms with Crippen molar-refractivity contribution in [2.24, 2.45) is 11.7 Å². The van der Waals surface area contributed by atoms with Gasteiger partial charge in [0.05, 0.1) is 6.10 Å². The van der Waals surface area contributed by atoms with E-state index in [1.54, 1.807) is 6.92 Å². The summed E-state index contributed by atoms with van der Waals surface area (Å²) in [5, 5.41) is 0. The molecule has 0 bridgehead atoms. The molecule has 3 N–H and O–H groups in total. The number of nitrogens with two attached hydrogens (primary N) is 1. The van der Waals surface area contributed by atoms with Crippen LogP contribution in [-0.2, 0) is 9.63 Å². The van der Waals surface area contributed by atoms with Crippen LogP contribution in [0.5, 0.6) is 0 Å². The first kappa shape index (κ1) is 10.4. The lowest BCUT2D eigenvalue weighted by atomic mass is 10.2. The van der Waals surface area contributed by atoms with Crippen molar-refractivity contribution >= 4 is 5.91 Å². The molecule has 0 fully saturated rings. The number of carbonyl (C=O) groups excluding carboxylic acids is 1. The standard InChI is InChI=1S/C7H16N2O2/c1-5(2)11-9-7(10)6(3)4-8/h5-6H,4,8H2,1-3H3,(H,9,10). The second-order valence-electron chi connectivity index (χ2n) is 2.77. The Hall–Kier alpha value is -0.610. The zero-order valence-electron chi connectivity index (χ0n) is 7.26. The van der Waals surface area contributed by atoms with Crippen LogP contribution in [-0.4, -0.2) is 18.6 Å². The van der Waals surface area contributed by atoms with E-state index >= 15 is 0 Å². The minimum absolute atomic E-state index is 0.00363. The largest absolute Gasteiger partial charge is 0.330 e. The average molecular weight is 160 g/mol. The molecule has 0 heterocycles. The summed E-state index contributed by atoms with van der Waals surface area (Å²) in [6, 6.07) is 0. The van der Waals surface area contributed by atoms with E-state index in [1.807, 2.05) is 13.8 Å². The van der Waals surface area contributed by atoms with Gasteiger partial charge >= 0.3 is 0 Å². The van der Waals surface area contributed by atoms with Crippen molar-refractivity contribution in [3.05, 3.63) is 0 Å². The molecule has 66 valence electrons. The van der Waals surface area contributed by atoms with E-state index in [0.29, 0.717) is 6.54 Å². The number of rotatable bonds is 4. The van der Waals surface area contributed by atoms with Crippen LogP contribution >= 0.6 is 0 Å². The molecule has 1 amide bonds. The molecule has 0 aliphatic rings. The Balaban J connectivity index is 3.52. The van der Waals surface area contributed by atoms with E-state index in [4.69, 9.17) is 10.6 Å². The van der Waals surface area contributed by atoms with Crippen molar-refractivity contribution in [1.29, 1.82) is 0 Å². The summed E-state index contributed by atoms with van der Waals surface area (Å²) >= 11 is 0. The number of hydrogen-bond acceptors (Lipinski definition) is 3. The lowest BCUT2D eigenvalue weighted by Crippen LogP contribution is -2.34. The van der Waals surface area contributed by atoms with E-state index < -0.39 is 0 Å². The summed E-state index contributed by atoms with van der Waals surface area (Å²) in [5.74, 6) is -0.352. The highest BCUT2D eigenvalue weighted by Gasteiger charge is 2.10. The Morgan fingerprint density at radius 3 is 2.45 bits per heavy atom. The number of nitrogens with one attached hydrogen (secondary N) is 1. The highest BCUT2D eigenvalue weighted by Crippen LogP contribution is 1.91. The van der Waals surface area contributed by atoms with Gasteiger partial charge in [0, 0.05) is 12.5 Å². The Labute approximate surface area is 67.0 Å². The zero-order chi connectivity index (χ0) is 8.85. The Morgan fingerprint density at radius 2 is 2.09 bits per heavy atom. The second-order valence-corrected chi connectivity index (χ2v) is 2.77. The lowest BCUT2D eigenvalue weighted by molar-refractivity contribution is -0.140. The van der Waals surface area contributed by atoms with Crippen molar-refractivity contribution in [1.82, 2.24) is 5.48 Å². The lowest BCUT2D eigenvalue weighted by Gasteiger charge is -2.11. The molecule has 4 heteroatoms. The molecule has 0 saturated heterocycles. The van der Waals surface area contributed by atoms with Gasteiger partial charge in [0.15, 0.2) is 0 Å². The fourth-order valence-electron chi connectivity index (χ4n) is 0.384. The summed E-state index contributed by atoms with van der Waals surface area (Å²) in [5.41, 5.74) is 7.58. The molecule has 0 aliphatic carbocycles. The van der Waals surface area contributed by atoms with Crippen molar-refractivity contribution in [2.75, 3.05) is 6.54 Å². The third kappa shape index (κ3) is 4.75. The maximum Gasteiger partial charge on any atom is 0.247 e. The van der Waals surface area contributed by atoms with Gasteiger partial charge in [-0.25, -0.2) is 5.48 Å². The molecule has 4 nitrogen and oxygen atoms in total. The van der Waals surface area contributed by atoms with Crippen LogP contribution in [0.1, 0.15) is 20.8 Å². The Morgan fingerprint density at radius 1 is 1.55 bits per heavy atom. The predicted molar refractivity (Wildman–Crippen MR) is 42.6 cm³/mol. The molecule has 0 rings (SSSR count). The molecule has 1 unspecified atom stereocenters. The van der Waals surface area contributed by atoms with Crippen LogP contribution in [0.15, 0.2) is 0 Å². The number of hydroxylamine groups is 1. The van der Waals surface area contributed by atoms with Crippen molar-refractivity contribution < 1.29 is 9.63 Å². The van der Waals surface area contributed by atoms with Gasteiger partial charge < -0.3 is 5.73 Å². The molecule has 0 aromatic rings. The van der Waals surface area contributed by atoms with Crippen LogP contribution in [0.25, 0.3) is 0 Å². The normalized spacial score (nSPS) is 13.2. The van der Waals surface area contributed by atoms with Crippen molar-refractivity contribution in [2.45, 2.75) is 26.9 Å². The maximum atomic E-state index is 11.0. The van der Waals surface area contributed by atoms with Gasteiger partial charge in [-0.2, -0.15) is 0 Å². The fraction of sp³-hybridized carbons (Fsp3) is 0.857. The van der Waals surface area contributed by atoms with Gasteiger partial charge in [0.1, 0.15) is 0 Å². The van der Waals surface area contributed by atoms with Gasteiger partial charge in [0.2, 0.25) is 5.91 Å². The van der Waals surface area contributed by atoms with Gasteiger partial charge in [-0.1, -0.05) is 6.92 Å². The Kier molecular flexibility index (Phi) is 4.81. The summed E-state index contributed by atoms with van der Waals surface area (Å²) < 4.78 is 0. The van der Waals surface area contributed by atoms with Gasteiger partial charge in [-0.15, -0.1) is 0 Å². The van der Waals surface area contributed by atoms with Gasteiger partial charge in [-0.3, -0.25) is 9.63 Å². The molecular formula is C7H16N2O2. The van der Waals surface area contributed by atoms with E-state index in [0.717, 1.165) is 0 Å². The monoisotopic (exact) mass is 160 g/mol. The molecule has 0 aromatic heterocycles. The first-order chi connectivity index (χ1) is 5.07. The molecule has 0 radical (unpaired) electrons. The minimum Gasteiger partial charge on any atom is -0.330 e. The number of hydrogen-bond donors (Lipinski definition) is 2. The van der Waals surface area contributed by atoms with Crippen LogP contribution in [0.4, 0.5) is 0 Å². The quantitative estimate of drug-likeness (QED) is 0.570. The highest BCUT2D eigenvalue weighted by molar-refractivity contribution is 5.77. The Bertz CT molecular complexity index is 126. The van der Waals surface area contributed by atoms with Gasteiger partial charge in [0.25, 0.3) is 0 Å². The third-order valence-corrected chi connectivity index (χ3v) is 1.20. The topological polar surface area (TPSA) is 64.3 Å². The summed E-state index contributed by atoms with van der Waals surface area (Å²) in [6.07, 6.45) is 0.00363. The number of carbonyl (C=O) groups is 1. The average Bonchev–Trinajstić information content (AvgIpc) is 1.98. The van der Waals surface area contributed by atoms with Crippen LogP contribution in [0, 0.1) is 5.92 Å². The van der Waals surface area contributed by atoms with E-state index in [-0.39, 0.29) is 17.9 Å². The SMILES string of the molecule is CC(C)ONC(=O)C(C)CN. The molecule has 0 aliphatic heterocycles. The molecule has 0 spiro atoms. The third-order valence-electron chi connectivity index (χ3n) is 1.20. The molecule has 11 heavy (non-hydrogen) atoms. The maximum absolute atomic E-state index is 11.0. The zero-order valence-corrected chi connectivity index (χ0v) is 7.26. The smallest absolute Gasteiger partial charge is 0.247 e. The molecule has 1 atom stereocenters. The van der Waals surface area contributed by atoms with Gasteiger partial charge in [-0.05, 0) is 13.8 Å². The van der Waals surface area contributed by atoms with E-state index in [1.165, 1.54) is 0 Å².